The van der Waals surface area contributed by atoms with Gasteiger partial charge in [-0.15, -0.1) is 0 Å². The van der Waals surface area contributed by atoms with Gasteiger partial charge in [-0.3, -0.25) is 9.36 Å². The maximum atomic E-state index is 12.8. The van der Waals surface area contributed by atoms with Crippen LogP contribution in [0.2, 0.25) is 20.1 Å². The molecule has 1 aliphatic rings. The number of aryl methyl sites for hydroxylation is 1. The molecule has 110 valence electrons. The number of rotatable bonds is 0. The van der Waals surface area contributed by atoms with E-state index in [4.69, 9.17) is 46.4 Å². The zero-order chi connectivity index (χ0) is 15.8. The molecule has 3 aromatic rings. The first-order chi connectivity index (χ1) is 10.4. The minimum Gasteiger partial charge on any atom is -0.268 e. The number of carbonyl (C=O) groups excluding carboxylic acids is 1. The van der Waals surface area contributed by atoms with E-state index in [2.05, 4.69) is 4.98 Å². The van der Waals surface area contributed by atoms with Crippen LogP contribution in [-0.4, -0.2) is 15.5 Å². The maximum Gasteiger partial charge on any atom is 0.266 e. The molecule has 1 aliphatic heterocycles. The largest absolute Gasteiger partial charge is 0.268 e. The molecule has 0 saturated carbocycles. The molecule has 7 heteroatoms. The van der Waals surface area contributed by atoms with E-state index in [1.165, 1.54) is 4.57 Å². The number of nitrogens with zero attached hydrogens (tertiary/aromatic N) is 2. The van der Waals surface area contributed by atoms with Crippen molar-refractivity contribution in [3.05, 3.63) is 49.4 Å². The third-order valence-electron chi connectivity index (χ3n) is 3.72. The van der Waals surface area contributed by atoms with E-state index in [9.17, 15) is 4.79 Å². The third kappa shape index (κ3) is 1.65. The number of benzene rings is 2. The lowest BCUT2D eigenvalue weighted by Gasteiger charge is -2.08. The molecular weight excluding hydrogens is 366 g/mol. The highest BCUT2D eigenvalue weighted by atomic mass is 35.5. The van der Waals surface area contributed by atoms with Gasteiger partial charge in [-0.25, -0.2) is 4.98 Å². The Kier molecular flexibility index (Phi) is 3.01. The zero-order valence-electron chi connectivity index (χ0n) is 11.0. The number of hydrogen-bond acceptors (Lipinski definition) is 2. The van der Waals surface area contributed by atoms with Crippen LogP contribution in [0.15, 0.2) is 18.2 Å². The second kappa shape index (κ2) is 4.62. The van der Waals surface area contributed by atoms with Crippen molar-refractivity contribution in [3.8, 4) is 11.4 Å². The fourth-order valence-electron chi connectivity index (χ4n) is 2.71. The predicted molar refractivity (Wildman–Crippen MR) is 89.7 cm³/mol. The van der Waals surface area contributed by atoms with Crippen molar-refractivity contribution in [2.75, 3.05) is 0 Å². The monoisotopic (exact) mass is 370 g/mol. The summed E-state index contributed by atoms with van der Waals surface area (Å²) in [6.45, 7) is 1.94. The summed E-state index contributed by atoms with van der Waals surface area (Å²) in [5, 5.41) is 0.482. The van der Waals surface area contributed by atoms with Gasteiger partial charge >= 0.3 is 0 Å². The molecule has 0 fully saturated rings. The van der Waals surface area contributed by atoms with E-state index in [0.29, 0.717) is 22.4 Å². The first-order valence-electron chi connectivity index (χ1n) is 6.32. The molecule has 0 bridgehead atoms. The van der Waals surface area contributed by atoms with E-state index < -0.39 is 0 Å². The Hall–Kier alpha value is -1.26. The Balaban J connectivity index is 2.19. The Labute approximate surface area is 145 Å². The molecule has 0 atom stereocenters. The van der Waals surface area contributed by atoms with Crippen molar-refractivity contribution in [1.29, 1.82) is 0 Å². The molecule has 0 N–H and O–H groups in total. The van der Waals surface area contributed by atoms with Gasteiger partial charge in [0.1, 0.15) is 0 Å². The van der Waals surface area contributed by atoms with Crippen LogP contribution < -0.4 is 0 Å². The Morgan fingerprint density at radius 2 is 1.59 bits per heavy atom. The highest BCUT2D eigenvalue weighted by Crippen LogP contribution is 2.49. The van der Waals surface area contributed by atoms with Crippen LogP contribution >= 0.6 is 46.4 Å². The molecule has 3 nitrogen and oxygen atoms in total. The smallest absolute Gasteiger partial charge is 0.266 e. The fraction of sp³-hybridized carbons (Fsp3) is 0.0667. The van der Waals surface area contributed by atoms with Crippen LogP contribution in [0.3, 0.4) is 0 Å². The molecule has 2 aromatic carbocycles. The van der Waals surface area contributed by atoms with Crippen LogP contribution in [0.1, 0.15) is 15.9 Å². The van der Waals surface area contributed by atoms with Gasteiger partial charge in [-0.1, -0.05) is 52.5 Å². The minimum absolute atomic E-state index is 0.0756. The Bertz CT molecular complexity index is 1010. The van der Waals surface area contributed by atoms with Crippen molar-refractivity contribution < 1.29 is 4.79 Å². The minimum atomic E-state index is -0.302. The number of imidazole rings is 1. The molecule has 0 saturated heterocycles. The van der Waals surface area contributed by atoms with E-state index in [-0.39, 0.29) is 31.6 Å². The SMILES string of the molecule is Cc1ccc2nc3n(c2c1)C(=O)c1c(Cl)c(Cl)c(Cl)c(Cl)c1-3. The van der Waals surface area contributed by atoms with Crippen LogP contribution in [-0.2, 0) is 0 Å². The van der Waals surface area contributed by atoms with Gasteiger partial charge in [0.15, 0.2) is 5.82 Å². The fourth-order valence-corrected chi connectivity index (χ4v) is 3.73. The molecule has 0 unspecified atom stereocenters. The lowest BCUT2D eigenvalue weighted by atomic mass is 10.1. The van der Waals surface area contributed by atoms with Crippen molar-refractivity contribution >= 4 is 63.3 Å². The molecule has 22 heavy (non-hydrogen) atoms. The number of hydrogen-bond donors (Lipinski definition) is 0. The summed E-state index contributed by atoms with van der Waals surface area (Å²) in [4.78, 5) is 17.3. The normalized spacial score (nSPS) is 12.9. The molecule has 0 spiro atoms. The molecule has 0 aliphatic carbocycles. The number of aromatic nitrogens is 2. The highest BCUT2D eigenvalue weighted by Gasteiger charge is 2.36. The highest BCUT2D eigenvalue weighted by molar-refractivity contribution is 6.54. The average Bonchev–Trinajstić information content (AvgIpc) is 2.98. The van der Waals surface area contributed by atoms with Crippen LogP contribution in [0.4, 0.5) is 0 Å². The molecule has 4 rings (SSSR count). The van der Waals surface area contributed by atoms with Crippen molar-refractivity contribution in [2.24, 2.45) is 0 Å². The summed E-state index contributed by atoms with van der Waals surface area (Å²) in [7, 11) is 0. The quantitative estimate of drug-likeness (QED) is 0.296. The van der Waals surface area contributed by atoms with Crippen LogP contribution in [0.25, 0.3) is 22.4 Å². The van der Waals surface area contributed by atoms with Crippen molar-refractivity contribution in [1.82, 2.24) is 9.55 Å². The van der Waals surface area contributed by atoms with Crippen molar-refractivity contribution in [3.63, 3.8) is 0 Å². The van der Waals surface area contributed by atoms with Gasteiger partial charge in [0.2, 0.25) is 0 Å². The summed E-state index contributed by atoms with van der Waals surface area (Å²) in [5.41, 5.74) is 3.10. The predicted octanol–water partition coefficient (Wildman–Crippen LogP) is 5.63. The molecule has 2 heterocycles. The van der Waals surface area contributed by atoms with Crippen molar-refractivity contribution in [2.45, 2.75) is 6.92 Å². The first-order valence-corrected chi connectivity index (χ1v) is 7.83. The van der Waals surface area contributed by atoms with E-state index >= 15 is 0 Å². The third-order valence-corrected chi connectivity index (χ3v) is 5.52. The molecule has 0 amide bonds. The van der Waals surface area contributed by atoms with Crippen LogP contribution in [0, 0.1) is 6.92 Å². The van der Waals surface area contributed by atoms with E-state index in [0.717, 1.165) is 5.56 Å². The van der Waals surface area contributed by atoms with Gasteiger partial charge in [0, 0.05) is 0 Å². The number of fused-ring (bicyclic) bond motifs is 5. The second-order valence-corrected chi connectivity index (χ2v) is 6.59. The summed E-state index contributed by atoms with van der Waals surface area (Å²) < 4.78 is 1.50. The first kappa shape index (κ1) is 14.3. The maximum absolute atomic E-state index is 12.8. The average molecular weight is 372 g/mol. The second-order valence-electron chi connectivity index (χ2n) is 5.07. The van der Waals surface area contributed by atoms with Gasteiger partial charge in [-0.2, -0.15) is 0 Å². The summed E-state index contributed by atoms with van der Waals surface area (Å²) >= 11 is 24.7. The van der Waals surface area contributed by atoms with Gasteiger partial charge in [0.05, 0.1) is 42.3 Å². The molecule has 1 aromatic heterocycles. The molecular formula is C15H6Cl4N2O. The standard InChI is InChI=1S/C15H6Cl4N2O/c1-5-2-3-6-7(4-5)21-14(20-6)8-9(15(21)22)11(17)13(19)12(18)10(8)16/h2-4H,1H3. The van der Waals surface area contributed by atoms with Gasteiger partial charge in [-0.05, 0) is 24.6 Å². The summed E-state index contributed by atoms with van der Waals surface area (Å²) in [6, 6.07) is 5.68. The van der Waals surface area contributed by atoms with E-state index in [1.54, 1.807) is 0 Å². The summed E-state index contributed by atoms with van der Waals surface area (Å²) in [5.74, 6) is 0.134. The molecule has 0 radical (unpaired) electrons. The topological polar surface area (TPSA) is 34.9 Å². The van der Waals surface area contributed by atoms with Gasteiger partial charge in [0.25, 0.3) is 5.91 Å². The lowest BCUT2D eigenvalue weighted by Crippen LogP contribution is -2.06. The summed E-state index contributed by atoms with van der Waals surface area (Å²) in [6.07, 6.45) is 0. The van der Waals surface area contributed by atoms with Crippen LogP contribution in [0.5, 0.6) is 0 Å². The number of carbonyl (C=O) groups is 1. The zero-order valence-corrected chi connectivity index (χ0v) is 14.1. The van der Waals surface area contributed by atoms with Gasteiger partial charge < -0.3 is 0 Å². The lowest BCUT2D eigenvalue weighted by molar-refractivity contribution is 0.0973. The van der Waals surface area contributed by atoms with E-state index in [1.807, 2.05) is 25.1 Å². The Morgan fingerprint density at radius 3 is 2.27 bits per heavy atom. The Morgan fingerprint density at radius 1 is 0.955 bits per heavy atom. The number of halogens is 4.